The van der Waals surface area contributed by atoms with Crippen molar-refractivity contribution < 1.29 is 10.2 Å². The monoisotopic (exact) mass is 247 g/mol. The van der Waals surface area contributed by atoms with Crippen molar-refractivity contribution in [1.82, 2.24) is 4.90 Å². The highest BCUT2D eigenvalue weighted by molar-refractivity contribution is 5.85. The summed E-state index contributed by atoms with van der Waals surface area (Å²) in [5.41, 5.74) is 1.22. The summed E-state index contributed by atoms with van der Waals surface area (Å²) in [6.45, 7) is 4.49. The van der Waals surface area contributed by atoms with E-state index in [1.165, 1.54) is 5.56 Å². The molecule has 0 aliphatic heterocycles. The molecule has 3 nitrogen and oxygen atoms in total. The Kier molecular flexibility index (Phi) is 12.1. The van der Waals surface area contributed by atoms with Gasteiger partial charge in [0.05, 0.1) is 0 Å². The third kappa shape index (κ3) is 8.68. The normalized spacial score (nSPS) is 11.1. The second-order valence-electron chi connectivity index (χ2n) is 3.35. The van der Waals surface area contributed by atoms with Crippen molar-refractivity contribution in [3.63, 3.8) is 0 Å². The SMILES string of the molecule is CC(O)N(C)Cc1ccccc1.CCO.Cl. The fraction of sp³-hybridized carbons (Fsp3) is 0.500. The van der Waals surface area contributed by atoms with Gasteiger partial charge in [-0.05, 0) is 26.5 Å². The van der Waals surface area contributed by atoms with Gasteiger partial charge >= 0.3 is 0 Å². The van der Waals surface area contributed by atoms with Gasteiger partial charge in [0.15, 0.2) is 0 Å². The van der Waals surface area contributed by atoms with Crippen molar-refractivity contribution in [3.05, 3.63) is 35.9 Å². The standard InChI is InChI=1S/C10H15NO.C2H6O.ClH/c1-9(12)11(2)8-10-6-4-3-5-7-10;1-2-3;/h3-7,9,12H,8H2,1-2H3;3H,2H2,1H3;1H. The van der Waals surface area contributed by atoms with Crippen molar-refractivity contribution in [2.45, 2.75) is 26.6 Å². The molecule has 2 N–H and O–H groups in total. The lowest BCUT2D eigenvalue weighted by Gasteiger charge is -2.19. The minimum absolute atomic E-state index is 0. The minimum atomic E-state index is -0.384. The molecule has 1 aromatic carbocycles. The number of nitrogens with zero attached hydrogens (tertiary/aromatic N) is 1. The van der Waals surface area contributed by atoms with Gasteiger partial charge in [-0.1, -0.05) is 30.3 Å². The molecule has 1 aromatic rings. The van der Waals surface area contributed by atoms with Crippen molar-refractivity contribution in [1.29, 1.82) is 0 Å². The van der Waals surface area contributed by atoms with Crippen LogP contribution in [0.5, 0.6) is 0 Å². The first-order valence-electron chi connectivity index (χ1n) is 5.14. The third-order valence-electron chi connectivity index (χ3n) is 1.91. The van der Waals surface area contributed by atoms with E-state index >= 15 is 0 Å². The van der Waals surface area contributed by atoms with Crippen LogP contribution in [0, 0.1) is 0 Å². The highest BCUT2D eigenvalue weighted by Gasteiger charge is 2.03. The van der Waals surface area contributed by atoms with Crippen LogP contribution in [-0.4, -0.2) is 35.0 Å². The molecule has 1 unspecified atom stereocenters. The molecule has 0 aliphatic rings. The largest absolute Gasteiger partial charge is 0.397 e. The van der Waals surface area contributed by atoms with Gasteiger partial charge in [0, 0.05) is 13.2 Å². The molecule has 0 aromatic heterocycles. The zero-order valence-corrected chi connectivity index (χ0v) is 10.9. The summed E-state index contributed by atoms with van der Waals surface area (Å²) in [6.07, 6.45) is -0.384. The first kappa shape index (κ1) is 17.8. The molecule has 0 bridgehead atoms. The van der Waals surface area contributed by atoms with E-state index in [0.717, 1.165) is 6.54 Å². The molecule has 0 aliphatic carbocycles. The first-order valence-corrected chi connectivity index (χ1v) is 5.14. The lowest BCUT2D eigenvalue weighted by molar-refractivity contribution is 0.0329. The van der Waals surface area contributed by atoms with Gasteiger partial charge in [0.25, 0.3) is 0 Å². The van der Waals surface area contributed by atoms with Gasteiger partial charge in [0.2, 0.25) is 0 Å². The number of halogens is 1. The van der Waals surface area contributed by atoms with E-state index in [0.29, 0.717) is 0 Å². The maximum absolute atomic E-state index is 9.21. The van der Waals surface area contributed by atoms with E-state index in [4.69, 9.17) is 5.11 Å². The maximum atomic E-state index is 9.21. The molecule has 1 rings (SSSR count). The highest BCUT2D eigenvalue weighted by atomic mass is 35.5. The molecule has 0 saturated carbocycles. The molecular formula is C12H22ClNO2. The summed E-state index contributed by atoms with van der Waals surface area (Å²) < 4.78 is 0. The van der Waals surface area contributed by atoms with E-state index in [1.54, 1.807) is 13.8 Å². The Morgan fingerprint density at radius 3 is 2.06 bits per heavy atom. The minimum Gasteiger partial charge on any atom is -0.397 e. The van der Waals surface area contributed by atoms with Gasteiger partial charge in [-0.2, -0.15) is 0 Å². The Morgan fingerprint density at radius 2 is 1.69 bits per heavy atom. The van der Waals surface area contributed by atoms with Crippen LogP contribution in [-0.2, 0) is 6.54 Å². The van der Waals surface area contributed by atoms with Crippen molar-refractivity contribution in [2.24, 2.45) is 0 Å². The van der Waals surface area contributed by atoms with E-state index in [-0.39, 0.29) is 25.2 Å². The molecule has 4 heteroatoms. The Balaban J connectivity index is 0. The van der Waals surface area contributed by atoms with Crippen LogP contribution in [0.3, 0.4) is 0 Å². The highest BCUT2D eigenvalue weighted by Crippen LogP contribution is 2.03. The topological polar surface area (TPSA) is 43.7 Å². The average Bonchev–Trinajstić information content (AvgIpc) is 2.20. The predicted octanol–water partition coefficient (Wildman–Crippen LogP) is 1.88. The summed E-state index contributed by atoms with van der Waals surface area (Å²) >= 11 is 0. The summed E-state index contributed by atoms with van der Waals surface area (Å²) in [5, 5.41) is 16.8. The third-order valence-corrected chi connectivity index (χ3v) is 1.91. The van der Waals surface area contributed by atoms with Gasteiger partial charge in [-0.15, -0.1) is 12.4 Å². The number of aliphatic hydroxyl groups is 2. The zero-order valence-electron chi connectivity index (χ0n) is 10.1. The molecular weight excluding hydrogens is 226 g/mol. The number of hydrogen-bond acceptors (Lipinski definition) is 3. The molecule has 1 atom stereocenters. The molecule has 94 valence electrons. The zero-order chi connectivity index (χ0) is 11.7. The second-order valence-corrected chi connectivity index (χ2v) is 3.35. The van der Waals surface area contributed by atoms with Crippen LogP contribution in [0.1, 0.15) is 19.4 Å². The van der Waals surface area contributed by atoms with Gasteiger partial charge in [0.1, 0.15) is 6.23 Å². The number of hydrogen-bond donors (Lipinski definition) is 2. The quantitative estimate of drug-likeness (QED) is 0.802. The summed E-state index contributed by atoms with van der Waals surface area (Å²) in [5.74, 6) is 0. The van der Waals surface area contributed by atoms with E-state index in [2.05, 4.69) is 12.1 Å². The molecule has 0 spiro atoms. The molecule has 0 saturated heterocycles. The molecule has 16 heavy (non-hydrogen) atoms. The Morgan fingerprint density at radius 1 is 1.25 bits per heavy atom. The Hall–Kier alpha value is -0.610. The lowest BCUT2D eigenvalue weighted by atomic mass is 10.2. The van der Waals surface area contributed by atoms with Gasteiger partial charge in [-0.25, -0.2) is 0 Å². The van der Waals surface area contributed by atoms with Crippen molar-refractivity contribution in [3.8, 4) is 0 Å². The maximum Gasteiger partial charge on any atom is 0.104 e. The van der Waals surface area contributed by atoms with Crippen LogP contribution in [0.15, 0.2) is 30.3 Å². The van der Waals surface area contributed by atoms with Crippen LogP contribution in [0.4, 0.5) is 0 Å². The van der Waals surface area contributed by atoms with Crippen LogP contribution in [0.25, 0.3) is 0 Å². The van der Waals surface area contributed by atoms with Crippen LogP contribution in [0.2, 0.25) is 0 Å². The van der Waals surface area contributed by atoms with E-state index < -0.39 is 0 Å². The van der Waals surface area contributed by atoms with E-state index in [9.17, 15) is 5.11 Å². The molecule has 0 fully saturated rings. The first-order chi connectivity index (χ1) is 7.11. The van der Waals surface area contributed by atoms with Gasteiger partial charge < -0.3 is 10.2 Å². The fourth-order valence-electron chi connectivity index (χ4n) is 1.00. The Bertz CT molecular complexity index is 242. The van der Waals surface area contributed by atoms with Crippen LogP contribution >= 0.6 is 12.4 Å². The number of rotatable bonds is 3. The van der Waals surface area contributed by atoms with Crippen LogP contribution < -0.4 is 0 Å². The van der Waals surface area contributed by atoms with E-state index in [1.807, 2.05) is 30.1 Å². The number of aliphatic hydroxyl groups excluding tert-OH is 2. The summed E-state index contributed by atoms with van der Waals surface area (Å²) in [6, 6.07) is 10.1. The van der Waals surface area contributed by atoms with Crippen molar-refractivity contribution in [2.75, 3.05) is 13.7 Å². The lowest BCUT2D eigenvalue weighted by Crippen LogP contribution is -2.27. The van der Waals surface area contributed by atoms with Gasteiger partial charge in [-0.3, -0.25) is 4.90 Å². The summed E-state index contributed by atoms with van der Waals surface area (Å²) in [7, 11) is 1.90. The van der Waals surface area contributed by atoms with Crippen molar-refractivity contribution >= 4 is 12.4 Å². The fourth-order valence-corrected chi connectivity index (χ4v) is 1.00. The summed E-state index contributed by atoms with van der Waals surface area (Å²) in [4.78, 5) is 1.88. The Labute approximate surface area is 104 Å². The number of benzene rings is 1. The molecule has 0 heterocycles. The predicted molar refractivity (Wildman–Crippen MR) is 69.6 cm³/mol. The molecule has 0 radical (unpaired) electrons. The second kappa shape index (κ2) is 10.9. The smallest absolute Gasteiger partial charge is 0.104 e. The average molecular weight is 248 g/mol. The molecule has 0 amide bonds.